The first kappa shape index (κ1) is 14.7. The van der Waals surface area contributed by atoms with Crippen LogP contribution in [0.5, 0.6) is 0 Å². The lowest BCUT2D eigenvalue weighted by Crippen LogP contribution is -2.34. The first-order chi connectivity index (χ1) is 9.10. The zero-order valence-corrected chi connectivity index (χ0v) is 12.7. The number of carbonyl (C=O) groups excluding carboxylic acids is 1. The van der Waals surface area contributed by atoms with Gasteiger partial charge in [0.2, 0.25) is 5.91 Å². The maximum absolute atomic E-state index is 12.3. The van der Waals surface area contributed by atoms with Crippen LogP contribution in [0, 0.1) is 5.92 Å². The van der Waals surface area contributed by atoms with Gasteiger partial charge >= 0.3 is 0 Å². The number of halogens is 2. The Balaban J connectivity index is 1.98. The summed E-state index contributed by atoms with van der Waals surface area (Å²) in [5, 5.41) is 1.04. The average Bonchev–Trinajstić information content (AvgIpc) is 3.17. The summed E-state index contributed by atoms with van der Waals surface area (Å²) in [6, 6.07) is 5.40. The van der Waals surface area contributed by atoms with Crippen molar-refractivity contribution < 1.29 is 4.79 Å². The van der Waals surface area contributed by atoms with Crippen LogP contribution in [0.25, 0.3) is 0 Å². The van der Waals surface area contributed by atoms with Crippen molar-refractivity contribution >= 4 is 29.1 Å². The SMILES string of the molecule is CCCN(CC1CC1)C(=O)Cc1ccc(Cl)c(Cl)c1. The highest BCUT2D eigenvalue weighted by Gasteiger charge is 2.26. The minimum Gasteiger partial charge on any atom is -0.342 e. The molecule has 0 atom stereocenters. The summed E-state index contributed by atoms with van der Waals surface area (Å²) < 4.78 is 0. The second-order valence-electron chi connectivity index (χ2n) is 5.21. The Morgan fingerprint density at radius 2 is 2.05 bits per heavy atom. The molecule has 1 aliphatic carbocycles. The summed E-state index contributed by atoms with van der Waals surface area (Å²) in [5.74, 6) is 0.913. The van der Waals surface area contributed by atoms with Crippen molar-refractivity contribution in [1.82, 2.24) is 4.90 Å². The summed E-state index contributed by atoms with van der Waals surface area (Å²) in [6.45, 7) is 3.86. The van der Waals surface area contributed by atoms with Crippen molar-refractivity contribution in [1.29, 1.82) is 0 Å². The first-order valence-corrected chi connectivity index (χ1v) is 7.57. The van der Waals surface area contributed by atoms with E-state index < -0.39 is 0 Å². The van der Waals surface area contributed by atoms with Gasteiger partial charge in [-0.1, -0.05) is 36.2 Å². The molecule has 19 heavy (non-hydrogen) atoms. The number of amides is 1. The van der Waals surface area contributed by atoms with Gasteiger partial charge in [0.1, 0.15) is 0 Å². The maximum Gasteiger partial charge on any atom is 0.226 e. The van der Waals surface area contributed by atoms with E-state index in [9.17, 15) is 4.79 Å². The van der Waals surface area contributed by atoms with Gasteiger partial charge < -0.3 is 4.90 Å². The van der Waals surface area contributed by atoms with E-state index in [1.54, 1.807) is 12.1 Å². The van der Waals surface area contributed by atoms with E-state index in [2.05, 4.69) is 6.92 Å². The van der Waals surface area contributed by atoms with Gasteiger partial charge in [0.05, 0.1) is 16.5 Å². The van der Waals surface area contributed by atoms with Crippen LogP contribution in [0.4, 0.5) is 0 Å². The first-order valence-electron chi connectivity index (χ1n) is 6.82. The van der Waals surface area contributed by atoms with Gasteiger partial charge in [-0.25, -0.2) is 0 Å². The highest BCUT2D eigenvalue weighted by Crippen LogP contribution is 2.30. The normalized spacial score (nSPS) is 14.5. The number of benzene rings is 1. The number of nitrogens with zero attached hydrogens (tertiary/aromatic N) is 1. The molecule has 0 bridgehead atoms. The standard InChI is InChI=1S/C15H19Cl2NO/c1-2-7-18(10-11-3-4-11)15(19)9-12-5-6-13(16)14(17)8-12/h5-6,8,11H,2-4,7,9-10H2,1H3. The number of hydrogen-bond donors (Lipinski definition) is 0. The zero-order valence-electron chi connectivity index (χ0n) is 11.2. The Bertz CT molecular complexity index is 457. The predicted molar refractivity (Wildman–Crippen MR) is 79.8 cm³/mol. The van der Waals surface area contributed by atoms with E-state index in [1.807, 2.05) is 11.0 Å². The molecule has 1 saturated carbocycles. The Kier molecular flexibility index (Phi) is 5.12. The molecule has 0 N–H and O–H groups in total. The van der Waals surface area contributed by atoms with Crippen molar-refractivity contribution in [2.75, 3.05) is 13.1 Å². The summed E-state index contributed by atoms with van der Waals surface area (Å²) in [6.07, 6.45) is 3.93. The van der Waals surface area contributed by atoms with Crippen molar-refractivity contribution in [2.45, 2.75) is 32.6 Å². The van der Waals surface area contributed by atoms with E-state index in [0.717, 1.165) is 31.0 Å². The van der Waals surface area contributed by atoms with Crippen LogP contribution in [0.3, 0.4) is 0 Å². The Labute approximate surface area is 124 Å². The Morgan fingerprint density at radius 1 is 1.32 bits per heavy atom. The number of hydrogen-bond acceptors (Lipinski definition) is 1. The lowest BCUT2D eigenvalue weighted by atomic mass is 10.1. The molecule has 0 radical (unpaired) electrons. The third kappa shape index (κ3) is 4.39. The summed E-state index contributed by atoms with van der Waals surface area (Å²) >= 11 is 11.9. The topological polar surface area (TPSA) is 20.3 Å². The highest BCUT2D eigenvalue weighted by molar-refractivity contribution is 6.42. The highest BCUT2D eigenvalue weighted by atomic mass is 35.5. The third-order valence-corrected chi connectivity index (χ3v) is 4.10. The van der Waals surface area contributed by atoms with Crippen LogP contribution < -0.4 is 0 Å². The van der Waals surface area contributed by atoms with E-state index >= 15 is 0 Å². The van der Waals surface area contributed by atoms with Gasteiger partial charge in [0.15, 0.2) is 0 Å². The average molecular weight is 300 g/mol. The van der Waals surface area contributed by atoms with Crippen LogP contribution in [0.1, 0.15) is 31.7 Å². The van der Waals surface area contributed by atoms with Gasteiger partial charge in [-0.2, -0.15) is 0 Å². The summed E-state index contributed by atoms with van der Waals surface area (Å²) in [4.78, 5) is 14.3. The monoisotopic (exact) mass is 299 g/mol. The van der Waals surface area contributed by atoms with Crippen molar-refractivity contribution in [3.05, 3.63) is 33.8 Å². The summed E-state index contributed by atoms with van der Waals surface area (Å²) in [7, 11) is 0. The molecule has 0 aliphatic heterocycles. The van der Waals surface area contributed by atoms with E-state index in [-0.39, 0.29) is 5.91 Å². The maximum atomic E-state index is 12.3. The smallest absolute Gasteiger partial charge is 0.226 e. The largest absolute Gasteiger partial charge is 0.342 e. The Hall–Kier alpha value is -0.730. The lowest BCUT2D eigenvalue weighted by Gasteiger charge is -2.22. The van der Waals surface area contributed by atoms with Crippen LogP contribution in [0.2, 0.25) is 10.0 Å². The molecule has 0 heterocycles. The molecule has 0 spiro atoms. The van der Waals surface area contributed by atoms with Gasteiger partial charge in [-0.05, 0) is 42.9 Å². The molecular weight excluding hydrogens is 281 g/mol. The molecule has 0 saturated heterocycles. The third-order valence-electron chi connectivity index (χ3n) is 3.36. The second kappa shape index (κ2) is 6.62. The van der Waals surface area contributed by atoms with E-state index in [1.165, 1.54) is 12.8 Å². The van der Waals surface area contributed by atoms with Crippen LogP contribution in [0.15, 0.2) is 18.2 Å². The minimum absolute atomic E-state index is 0.187. The molecule has 104 valence electrons. The lowest BCUT2D eigenvalue weighted by molar-refractivity contribution is -0.130. The van der Waals surface area contributed by atoms with Crippen molar-refractivity contribution in [2.24, 2.45) is 5.92 Å². The fraction of sp³-hybridized carbons (Fsp3) is 0.533. The molecule has 1 aromatic rings. The van der Waals surface area contributed by atoms with Crippen LogP contribution in [-0.4, -0.2) is 23.9 Å². The summed E-state index contributed by atoms with van der Waals surface area (Å²) in [5.41, 5.74) is 0.927. The fourth-order valence-electron chi connectivity index (χ4n) is 2.14. The van der Waals surface area contributed by atoms with Crippen molar-refractivity contribution in [3.8, 4) is 0 Å². The quantitative estimate of drug-likeness (QED) is 0.771. The molecule has 0 unspecified atom stereocenters. The van der Waals surface area contributed by atoms with Crippen LogP contribution in [-0.2, 0) is 11.2 Å². The number of rotatable bonds is 6. The van der Waals surface area contributed by atoms with E-state index in [4.69, 9.17) is 23.2 Å². The van der Waals surface area contributed by atoms with Crippen molar-refractivity contribution in [3.63, 3.8) is 0 Å². The molecular formula is C15H19Cl2NO. The van der Waals surface area contributed by atoms with Gasteiger partial charge in [-0.15, -0.1) is 0 Å². The molecule has 1 fully saturated rings. The van der Waals surface area contributed by atoms with E-state index in [0.29, 0.717) is 16.5 Å². The Morgan fingerprint density at radius 3 is 2.63 bits per heavy atom. The number of carbonyl (C=O) groups is 1. The molecule has 1 aromatic carbocycles. The molecule has 0 aromatic heterocycles. The fourth-order valence-corrected chi connectivity index (χ4v) is 2.46. The predicted octanol–water partition coefficient (Wildman–Crippen LogP) is 4.18. The second-order valence-corrected chi connectivity index (χ2v) is 6.02. The van der Waals surface area contributed by atoms with Gasteiger partial charge in [0, 0.05) is 13.1 Å². The molecule has 2 nitrogen and oxygen atoms in total. The zero-order chi connectivity index (χ0) is 13.8. The molecule has 1 amide bonds. The molecule has 2 rings (SSSR count). The van der Waals surface area contributed by atoms with Gasteiger partial charge in [0.25, 0.3) is 0 Å². The minimum atomic E-state index is 0.187. The molecule has 4 heteroatoms. The van der Waals surface area contributed by atoms with Gasteiger partial charge in [-0.3, -0.25) is 4.79 Å². The van der Waals surface area contributed by atoms with Crippen LogP contribution >= 0.6 is 23.2 Å². The molecule has 1 aliphatic rings.